The van der Waals surface area contributed by atoms with Gasteiger partial charge in [-0.3, -0.25) is 9.89 Å². The number of fused-ring (bicyclic) bond motifs is 1. The van der Waals surface area contributed by atoms with Gasteiger partial charge in [0, 0.05) is 17.2 Å². The Balaban J connectivity index is 1.52. The molecule has 0 atom stereocenters. The number of methoxy groups -OCH3 is 3. The molecule has 0 bridgehead atoms. The highest BCUT2D eigenvalue weighted by Crippen LogP contribution is 2.33. The molecule has 8 nitrogen and oxygen atoms in total. The highest BCUT2D eigenvalue weighted by molar-refractivity contribution is 5.98. The first-order valence-corrected chi connectivity index (χ1v) is 9.81. The Morgan fingerprint density at radius 3 is 2.44 bits per heavy atom. The molecule has 0 saturated heterocycles. The van der Waals surface area contributed by atoms with Crippen LogP contribution in [-0.2, 0) is 0 Å². The summed E-state index contributed by atoms with van der Waals surface area (Å²) in [7, 11) is 4.62. The lowest BCUT2D eigenvalue weighted by Gasteiger charge is -2.11. The van der Waals surface area contributed by atoms with E-state index in [-0.39, 0.29) is 0 Å². The summed E-state index contributed by atoms with van der Waals surface area (Å²) in [5.74, 6) is 1.17. The van der Waals surface area contributed by atoms with Crippen LogP contribution in [-0.4, -0.2) is 43.6 Å². The number of nitrogens with one attached hydrogen (secondary N) is 2. The summed E-state index contributed by atoms with van der Waals surface area (Å²) in [6, 6.07) is 19.1. The van der Waals surface area contributed by atoms with E-state index in [2.05, 4.69) is 20.7 Å². The first-order valence-electron chi connectivity index (χ1n) is 9.81. The lowest BCUT2D eigenvalue weighted by Crippen LogP contribution is -2.18. The second-order valence-electron chi connectivity index (χ2n) is 6.84. The van der Waals surface area contributed by atoms with Crippen molar-refractivity contribution in [1.29, 1.82) is 0 Å². The maximum atomic E-state index is 12.5. The molecule has 1 amide bonds. The molecule has 4 aromatic rings. The normalized spacial score (nSPS) is 11.0. The smallest absolute Gasteiger partial charge is 0.289 e. The van der Waals surface area contributed by atoms with E-state index in [0.29, 0.717) is 34.2 Å². The molecule has 0 unspecified atom stereocenters. The van der Waals surface area contributed by atoms with Gasteiger partial charge in [-0.2, -0.15) is 10.2 Å². The molecule has 8 heteroatoms. The average Bonchev–Trinajstić information content (AvgIpc) is 3.33. The monoisotopic (exact) mass is 430 g/mol. The molecule has 0 aliphatic heterocycles. The largest absolute Gasteiger partial charge is 0.496 e. The van der Waals surface area contributed by atoms with Crippen molar-refractivity contribution in [2.24, 2.45) is 5.10 Å². The van der Waals surface area contributed by atoms with Gasteiger partial charge in [0.05, 0.1) is 33.2 Å². The van der Waals surface area contributed by atoms with Gasteiger partial charge in [0.15, 0.2) is 11.5 Å². The van der Waals surface area contributed by atoms with Crippen LogP contribution in [0, 0.1) is 0 Å². The lowest BCUT2D eigenvalue weighted by molar-refractivity contribution is 0.0950. The van der Waals surface area contributed by atoms with E-state index in [1.165, 1.54) is 13.3 Å². The molecule has 0 saturated carbocycles. The van der Waals surface area contributed by atoms with Gasteiger partial charge in [-0.1, -0.05) is 42.5 Å². The molecule has 0 fully saturated rings. The fourth-order valence-electron chi connectivity index (χ4n) is 3.40. The number of hydrogen-bond acceptors (Lipinski definition) is 6. The van der Waals surface area contributed by atoms with Crippen LogP contribution in [0.3, 0.4) is 0 Å². The first kappa shape index (κ1) is 20.9. The van der Waals surface area contributed by atoms with Gasteiger partial charge in [0.25, 0.3) is 5.91 Å². The van der Waals surface area contributed by atoms with Crippen LogP contribution in [0.2, 0.25) is 0 Å². The van der Waals surface area contributed by atoms with Crippen molar-refractivity contribution in [3.05, 3.63) is 71.9 Å². The minimum Gasteiger partial charge on any atom is -0.496 e. The highest BCUT2D eigenvalue weighted by atomic mass is 16.5. The number of benzene rings is 3. The maximum absolute atomic E-state index is 12.5. The minimum atomic E-state index is -0.417. The zero-order chi connectivity index (χ0) is 22.5. The topological polar surface area (TPSA) is 97.8 Å². The Labute approximate surface area is 184 Å². The maximum Gasteiger partial charge on any atom is 0.289 e. The zero-order valence-corrected chi connectivity index (χ0v) is 17.9. The number of carbonyl (C=O) groups excluding carboxylic acids is 1. The lowest BCUT2D eigenvalue weighted by atomic mass is 10.0. The van der Waals surface area contributed by atoms with Crippen LogP contribution in [0.25, 0.3) is 22.0 Å². The van der Waals surface area contributed by atoms with Crippen LogP contribution in [0.5, 0.6) is 17.2 Å². The van der Waals surface area contributed by atoms with E-state index in [1.54, 1.807) is 32.4 Å². The van der Waals surface area contributed by atoms with Crippen molar-refractivity contribution in [3.63, 3.8) is 0 Å². The third-order valence-electron chi connectivity index (χ3n) is 4.99. The Morgan fingerprint density at radius 1 is 0.938 bits per heavy atom. The van der Waals surface area contributed by atoms with E-state index >= 15 is 0 Å². The highest BCUT2D eigenvalue weighted by Gasteiger charge is 2.13. The number of nitrogens with zero attached hydrogens (tertiary/aromatic N) is 2. The number of aromatic amines is 1. The van der Waals surface area contributed by atoms with E-state index in [0.717, 1.165) is 16.3 Å². The van der Waals surface area contributed by atoms with Crippen LogP contribution < -0.4 is 19.6 Å². The first-order chi connectivity index (χ1) is 15.6. The van der Waals surface area contributed by atoms with Gasteiger partial charge in [0.2, 0.25) is 0 Å². The number of carbonyl (C=O) groups is 1. The molecule has 0 spiro atoms. The number of hydrazone groups is 1. The van der Waals surface area contributed by atoms with Crippen LogP contribution in [0.4, 0.5) is 0 Å². The van der Waals surface area contributed by atoms with Crippen molar-refractivity contribution < 1.29 is 19.0 Å². The van der Waals surface area contributed by atoms with Gasteiger partial charge in [-0.25, -0.2) is 5.43 Å². The fraction of sp³-hybridized carbons (Fsp3) is 0.125. The molecule has 0 aliphatic carbocycles. The molecular weight excluding hydrogens is 408 g/mol. The van der Waals surface area contributed by atoms with Gasteiger partial charge in [0.1, 0.15) is 11.4 Å². The molecule has 32 heavy (non-hydrogen) atoms. The molecule has 0 radical (unpaired) electrons. The fourth-order valence-corrected chi connectivity index (χ4v) is 3.40. The SMILES string of the molecule is COc1cc(OC)c(OC)cc1/C=N/NC(=O)c1cc(-c2cccc3ccccc23)n[nH]1. The predicted molar refractivity (Wildman–Crippen MR) is 123 cm³/mol. The van der Waals surface area contributed by atoms with Crippen molar-refractivity contribution in [2.75, 3.05) is 21.3 Å². The Hall–Kier alpha value is -4.33. The van der Waals surface area contributed by atoms with E-state index in [4.69, 9.17) is 14.2 Å². The molecule has 0 aliphatic rings. The van der Waals surface area contributed by atoms with Crippen molar-refractivity contribution in [3.8, 4) is 28.5 Å². The van der Waals surface area contributed by atoms with E-state index < -0.39 is 5.91 Å². The zero-order valence-electron chi connectivity index (χ0n) is 17.9. The van der Waals surface area contributed by atoms with Gasteiger partial charge in [-0.05, 0) is 22.9 Å². The van der Waals surface area contributed by atoms with Gasteiger partial charge < -0.3 is 14.2 Å². The summed E-state index contributed by atoms with van der Waals surface area (Å²) in [5.41, 5.74) is 5.03. The number of rotatable bonds is 7. The number of aromatic nitrogens is 2. The Bertz CT molecular complexity index is 1290. The standard InChI is InChI=1S/C24H22N4O4/c1-30-21-13-23(32-3)22(31-2)11-16(21)14-25-28-24(29)20-12-19(26-27-20)18-10-6-8-15-7-4-5-9-17(15)18/h4-14H,1-3H3,(H,26,27)(H,28,29)/b25-14+. The van der Waals surface area contributed by atoms with Gasteiger partial charge >= 0.3 is 0 Å². The summed E-state index contributed by atoms with van der Waals surface area (Å²) >= 11 is 0. The minimum absolute atomic E-state index is 0.296. The summed E-state index contributed by atoms with van der Waals surface area (Å²) in [6.45, 7) is 0. The van der Waals surface area contributed by atoms with E-state index in [1.807, 2.05) is 42.5 Å². The summed E-state index contributed by atoms with van der Waals surface area (Å²) in [5, 5.41) is 13.3. The summed E-state index contributed by atoms with van der Waals surface area (Å²) < 4.78 is 15.9. The van der Waals surface area contributed by atoms with Crippen molar-refractivity contribution in [2.45, 2.75) is 0 Å². The Kier molecular flexibility index (Phi) is 6.03. The number of hydrogen-bond donors (Lipinski definition) is 2. The molecule has 1 aromatic heterocycles. The van der Waals surface area contributed by atoms with Crippen LogP contribution in [0.1, 0.15) is 16.1 Å². The van der Waals surface area contributed by atoms with Crippen LogP contribution in [0.15, 0.2) is 65.8 Å². The number of amides is 1. The third kappa shape index (κ3) is 4.11. The third-order valence-corrected chi connectivity index (χ3v) is 4.99. The number of ether oxygens (including phenoxy) is 3. The second-order valence-corrected chi connectivity index (χ2v) is 6.84. The van der Waals surface area contributed by atoms with Crippen LogP contribution >= 0.6 is 0 Å². The quantitative estimate of drug-likeness (QED) is 0.341. The van der Waals surface area contributed by atoms with Crippen molar-refractivity contribution in [1.82, 2.24) is 15.6 Å². The molecule has 2 N–H and O–H groups in total. The average molecular weight is 430 g/mol. The molecular formula is C24H22N4O4. The molecule has 162 valence electrons. The molecule has 4 rings (SSSR count). The van der Waals surface area contributed by atoms with Crippen molar-refractivity contribution >= 4 is 22.9 Å². The summed E-state index contributed by atoms with van der Waals surface area (Å²) in [4.78, 5) is 12.5. The molecule has 3 aromatic carbocycles. The summed E-state index contributed by atoms with van der Waals surface area (Å²) in [6.07, 6.45) is 1.47. The second kappa shape index (κ2) is 9.22. The number of H-pyrrole nitrogens is 1. The van der Waals surface area contributed by atoms with Gasteiger partial charge in [-0.15, -0.1) is 0 Å². The Morgan fingerprint density at radius 2 is 1.66 bits per heavy atom. The van der Waals surface area contributed by atoms with E-state index in [9.17, 15) is 4.79 Å². The predicted octanol–water partition coefficient (Wildman–Crippen LogP) is 4.02. The molecule has 1 heterocycles.